The summed E-state index contributed by atoms with van der Waals surface area (Å²) in [6, 6.07) is 10.2. The number of carbonyl (C=O) groups is 1. The van der Waals surface area contributed by atoms with Crippen LogP contribution in [0.5, 0.6) is 0 Å². The topological polar surface area (TPSA) is 38.1 Å². The Kier molecular flexibility index (Phi) is 4.74. The molecule has 24 heavy (non-hydrogen) atoms. The average Bonchev–Trinajstić information content (AvgIpc) is 3.04. The van der Waals surface area contributed by atoms with Gasteiger partial charge in [-0.2, -0.15) is 5.10 Å². The van der Waals surface area contributed by atoms with Crippen LogP contribution >= 0.6 is 0 Å². The largest absolute Gasteiger partial charge is 0.343 e. The number of hydrogen-bond acceptors (Lipinski definition) is 2. The number of amides is 1. The summed E-state index contributed by atoms with van der Waals surface area (Å²) in [5.74, 6) is 0.794. The number of piperidine rings is 1. The molecule has 1 saturated heterocycles. The molecule has 1 amide bonds. The highest BCUT2D eigenvalue weighted by molar-refractivity contribution is 5.76. The van der Waals surface area contributed by atoms with Crippen molar-refractivity contribution in [1.82, 2.24) is 14.7 Å². The number of likely N-dealkylation sites (tertiary alicyclic amines) is 1. The molecule has 0 atom stereocenters. The van der Waals surface area contributed by atoms with Crippen LogP contribution < -0.4 is 0 Å². The summed E-state index contributed by atoms with van der Waals surface area (Å²) >= 11 is 0. The maximum atomic E-state index is 12.4. The van der Waals surface area contributed by atoms with Gasteiger partial charge in [0.15, 0.2) is 0 Å². The van der Waals surface area contributed by atoms with E-state index in [0.717, 1.165) is 31.6 Å². The molecule has 2 heterocycles. The molecule has 0 N–H and O–H groups in total. The molecule has 0 bridgehead atoms. The van der Waals surface area contributed by atoms with Crippen molar-refractivity contribution in [3.63, 3.8) is 0 Å². The van der Waals surface area contributed by atoms with Crippen molar-refractivity contribution >= 4 is 5.91 Å². The third kappa shape index (κ3) is 4.05. The van der Waals surface area contributed by atoms with Crippen LogP contribution in [0.15, 0.2) is 42.7 Å². The Morgan fingerprint density at radius 2 is 1.83 bits per heavy atom. The maximum absolute atomic E-state index is 12.4. The lowest BCUT2D eigenvalue weighted by molar-refractivity contribution is -0.134. The fraction of sp³-hybridized carbons (Fsp3) is 0.500. The molecule has 3 rings (SSSR count). The van der Waals surface area contributed by atoms with E-state index in [9.17, 15) is 4.79 Å². The van der Waals surface area contributed by atoms with Gasteiger partial charge in [0, 0.05) is 25.7 Å². The molecular formula is C20H27N3O. The quantitative estimate of drug-likeness (QED) is 0.855. The first-order chi connectivity index (χ1) is 11.4. The van der Waals surface area contributed by atoms with Gasteiger partial charge in [0.1, 0.15) is 0 Å². The first-order valence-electron chi connectivity index (χ1n) is 8.80. The molecular weight excluding hydrogens is 298 g/mol. The van der Waals surface area contributed by atoms with Gasteiger partial charge in [-0.3, -0.25) is 4.79 Å². The predicted molar refractivity (Wildman–Crippen MR) is 96.2 cm³/mol. The molecule has 1 aromatic heterocycles. The SMILES string of the molecule is CC(C)(C)CC(=O)N1CCC(c2cnn(-c3ccccc3)c2)CC1. The minimum absolute atomic E-state index is 0.0603. The minimum Gasteiger partial charge on any atom is -0.343 e. The van der Waals surface area contributed by atoms with E-state index in [1.165, 1.54) is 5.56 Å². The molecule has 1 aliphatic rings. The number of rotatable bonds is 3. The summed E-state index contributed by atoms with van der Waals surface area (Å²) in [7, 11) is 0. The number of hydrogen-bond donors (Lipinski definition) is 0. The lowest BCUT2D eigenvalue weighted by Gasteiger charge is -2.33. The van der Waals surface area contributed by atoms with E-state index in [2.05, 4.69) is 44.2 Å². The van der Waals surface area contributed by atoms with Gasteiger partial charge >= 0.3 is 0 Å². The van der Waals surface area contributed by atoms with Gasteiger partial charge in [-0.1, -0.05) is 39.0 Å². The van der Waals surface area contributed by atoms with Crippen LogP contribution in [0, 0.1) is 5.41 Å². The second kappa shape index (κ2) is 6.80. The number of nitrogens with zero attached hydrogens (tertiary/aromatic N) is 3. The fourth-order valence-corrected chi connectivity index (χ4v) is 3.30. The Balaban J connectivity index is 1.59. The van der Waals surface area contributed by atoms with Gasteiger partial charge in [0.2, 0.25) is 5.91 Å². The summed E-state index contributed by atoms with van der Waals surface area (Å²) in [4.78, 5) is 14.4. The number of aromatic nitrogens is 2. The van der Waals surface area contributed by atoms with Gasteiger partial charge in [0.05, 0.1) is 11.9 Å². The van der Waals surface area contributed by atoms with Crippen LogP contribution in [-0.4, -0.2) is 33.7 Å². The van der Waals surface area contributed by atoms with Crippen LogP contribution in [0.4, 0.5) is 0 Å². The Hall–Kier alpha value is -2.10. The zero-order valence-corrected chi connectivity index (χ0v) is 14.9. The van der Waals surface area contributed by atoms with Gasteiger partial charge < -0.3 is 4.90 Å². The molecule has 2 aromatic rings. The van der Waals surface area contributed by atoms with Crippen molar-refractivity contribution in [1.29, 1.82) is 0 Å². The highest BCUT2D eigenvalue weighted by Crippen LogP contribution is 2.29. The molecule has 4 nitrogen and oxygen atoms in total. The molecule has 1 fully saturated rings. The van der Waals surface area contributed by atoms with Crippen LogP contribution in [-0.2, 0) is 4.79 Å². The van der Waals surface area contributed by atoms with Crippen molar-refractivity contribution in [3.8, 4) is 5.69 Å². The lowest BCUT2D eigenvalue weighted by atomic mass is 9.89. The molecule has 1 aliphatic heterocycles. The normalized spacial score (nSPS) is 16.4. The van der Waals surface area contributed by atoms with E-state index in [1.807, 2.05) is 34.0 Å². The third-order valence-corrected chi connectivity index (χ3v) is 4.62. The number of para-hydroxylation sites is 1. The monoisotopic (exact) mass is 325 g/mol. The summed E-state index contributed by atoms with van der Waals surface area (Å²) < 4.78 is 1.94. The molecule has 128 valence electrons. The Labute approximate surface area is 144 Å². The maximum Gasteiger partial charge on any atom is 0.223 e. The molecule has 0 radical (unpaired) electrons. The summed E-state index contributed by atoms with van der Waals surface area (Å²) in [5, 5.41) is 4.50. The first kappa shape index (κ1) is 16.7. The number of carbonyl (C=O) groups excluding carboxylic acids is 1. The molecule has 0 unspecified atom stereocenters. The summed E-state index contributed by atoms with van der Waals surface area (Å²) in [5.41, 5.74) is 2.42. The van der Waals surface area contributed by atoms with Crippen LogP contribution in [0.1, 0.15) is 51.5 Å². The smallest absolute Gasteiger partial charge is 0.223 e. The highest BCUT2D eigenvalue weighted by atomic mass is 16.2. The van der Waals surface area contributed by atoms with Gasteiger partial charge in [0.25, 0.3) is 0 Å². The zero-order valence-electron chi connectivity index (χ0n) is 14.9. The second-order valence-electron chi connectivity index (χ2n) is 7.95. The van der Waals surface area contributed by atoms with Gasteiger partial charge in [-0.15, -0.1) is 0 Å². The Bertz CT molecular complexity index is 676. The van der Waals surface area contributed by atoms with E-state index in [0.29, 0.717) is 18.2 Å². The lowest BCUT2D eigenvalue weighted by Crippen LogP contribution is -2.39. The number of benzene rings is 1. The van der Waals surface area contributed by atoms with Crippen molar-refractivity contribution in [2.75, 3.05) is 13.1 Å². The second-order valence-corrected chi connectivity index (χ2v) is 7.95. The molecule has 0 aliphatic carbocycles. The van der Waals surface area contributed by atoms with Crippen molar-refractivity contribution < 1.29 is 4.79 Å². The molecule has 1 aromatic carbocycles. The zero-order chi connectivity index (χ0) is 17.2. The minimum atomic E-state index is 0.0603. The summed E-state index contributed by atoms with van der Waals surface area (Å²) in [6.07, 6.45) is 6.78. The highest BCUT2D eigenvalue weighted by Gasteiger charge is 2.27. The first-order valence-corrected chi connectivity index (χ1v) is 8.80. The summed E-state index contributed by atoms with van der Waals surface area (Å²) in [6.45, 7) is 8.08. The van der Waals surface area contributed by atoms with Crippen molar-refractivity contribution in [2.45, 2.75) is 46.0 Å². The van der Waals surface area contributed by atoms with E-state index in [-0.39, 0.29) is 5.41 Å². The van der Waals surface area contributed by atoms with E-state index < -0.39 is 0 Å². The molecule has 0 spiro atoms. The fourth-order valence-electron chi connectivity index (χ4n) is 3.30. The van der Waals surface area contributed by atoms with Crippen LogP contribution in [0.3, 0.4) is 0 Å². The van der Waals surface area contributed by atoms with Gasteiger partial charge in [-0.05, 0) is 41.9 Å². The Morgan fingerprint density at radius 1 is 1.17 bits per heavy atom. The van der Waals surface area contributed by atoms with Crippen LogP contribution in [0.2, 0.25) is 0 Å². The average molecular weight is 325 g/mol. The van der Waals surface area contributed by atoms with Crippen molar-refractivity contribution in [2.24, 2.45) is 5.41 Å². The van der Waals surface area contributed by atoms with Crippen molar-refractivity contribution in [3.05, 3.63) is 48.3 Å². The van der Waals surface area contributed by atoms with Crippen LogP contribution in [0.25, 0.3) is 5.69 Å². The molecule has 4 heteroatoms. The van der Waals surface area contributed by atoms with E-state index in [4.69, 9.17) is 0 Å². The Morgan fingerprint density at radius 3 is 2.46 bits per heavy atom. The standard InChI is InChI=1S/C20H27N3O/c1-20(2,3)13-19(24)22-11-9-16(10-12-22)17-14-21-23(15-17)18-7-5-4-6-8-18/h4-8,14-16H,9-13H2,1-3H3. The predicted octanol–water partition coefficient (Wildman–Crippen LogP) is 4.01. The third-order valence-electron chi connectivity index (χ3n) is 4.62. The molecule has 0 saturated carbocycles. The van der Waals surface area contributed by atoms with E-state index >= 15 is 0 Å². The van der Waals surface area contributed by atoms with Gasteiger partial charge in [-0.25, -0.2) is 4.68 Å². The van der Waals surface area contributed by atoms with E-state index in [1.54, 1.807) is 0 Å².